The van der Waals surface area contributed by atoms with Crippen molar-refractivity contribution < 1.29 is 13.2 Å². The highest BCUT2D eigenvalue weighted by Gasteiger charge is 2.25. The van der Waals surface area contributed by atoms with Crippen LogP contribution in [0.2, 0.25) is 0 Å². The van der Waals surface area contributed by atoms with Gasteiger partial charge in [0.25, 0.3) is 0 Å². The second-order valence-corrected chi connectivity index (χ2v) is 8.10. The predicted molar refractivity (Wildman–Crippen MR) is 86.3 cm³/mol. The standard InChI is InChI=1S/C16H25NO3S/c1-13(2)15-5-4-6-16(11-15)17(3)21(18,19)12-14-7-9-20-10-8-14/h4-6,11,13-14H,7-10,12H2,1-3H3. The minimum Gasteiger partial charge on any atom is -0.381 e. The average molecular weight is 311 g/mol. The summed E-state index contributed by atoms with van der Waals surface area (Å²) in [5, 5.41) is 0. The molecule has 1 aliphatic heterocycles. The Morgan fingerprint density at radius 3 is 2.57 bits per heavy atom. The van der Waals surface area contributed by atoms with Gasteiger partial charge in [0.05, 0.1) is 11.4 Å². The monoisotopic (exact) mass is 311 g/mol. The lowest BCUT2D eigenvalue weighted by Crippen LogP contribution is -2.34. The largest absolute Gasteiger partial charge is 0.381 e. The number of sulfonamides is 1. The molecule has 1 aliphatic rings. The van der Waals surface area contributed by atoms with Gasteiger partial charge >= 0.3 is 0 Å². The van der Waals surface area contributed by atoms with E-state index in [0.717, 1.165) is 24.1 Å². The molecular weight excluding hydrogens is 286 g/mol. The van der Waals surface area contributed by atoms with Crippen LogP contribution >= 0.6 is 0 Å². The molecule has 0 spiro atoms. The number of hydrogen-bond donors (Lipinski definition) is 0. The van der Waals surface area contributed by atoms with Gasteiger partial charge in [-0.2, -0.15) is 0 Å². The Balaban J connectivity index is 2.13. The zero-order chi connectivity index (χ0) is 15.5. The van der Waals surface area contributed by atoms with Crippen LogP contribution in [0.1, 0.15) is 38.2 Å². The zero-order valence-electron chi connectivity index (χ0n) is 13.1. The van der Waals surface area contributed by atoms with Crippen LogP contribution in [-0.4, -0.2) is 34.4 Å². The van der Waals surface area contributed by atoms with Crippen molar-refractivity contribution in [2.45, 2.75) is 32.6 Å². The topological polar surface area (TPSA) is 46.6 Å². The van der Waals surface area contributed by atoms with Crippen LogP contribution in [0.3, 0.4) is 0 Å². The Bertz CT molecular complexity index is 563. The first-order valence-corrected chi connectivity index (χ1v) is 9.15. The van der Waals surface area contributed by atoms with Gasteiger partial charge in [0.2, 0.25) is 10.0 Å². The average Bonchev–Trinajstić information content (AvgIpc) is 2.47. The summed E-state index contributed by atoms with van der Waals surface area (Å²) in [5.41, 5.74) is 1.90. The molecule has 0 atom stereocenters. The van der Waals surface area contributed by atoms with Crippen molar-refractivity contribution in [1.29, 1.82) is 0 Å². The van der Waals surface area contributed by atoms with Crippen molar-refractivity contribution in [2.75, 3.05) is 30.3 Å². The number of rotatable bonds is 5. The second kappa shape index (κ2) is 6.79. The summed E-state index contributed by atoms with van der Waals surface area (Å²) in [6.07, 6.45) is 1.66. The van der Waals surface area contributed by atoms with Crippen LogP contribution in [0.15, 0.2) is 24.3 Å². The molecule has 0 bridgehead atoms. The van der Waals surface area contributed by atoms with Crippen LogP contribution in [0.25, 0.3) is 0 Å². The molecule has 1 aromatic rings. The molecule has 1 fully saturated rings. The summed E-state index contributed by atoms with van der Waals surface area (Å²) < 4.78 is 31.8. The van der Waals surface area contributed by atoms with E-state index in [1.807, 2.05) is 24.3 Å². The SMILES string of the molecule is CC(C)c1cccc(N(C)S(=O)(=O)CC2CCOCC2)c1. The smallest absolute Gasteiger partial charge is 0.235 e. The van der Waals surface area contributed by atoms with Crippen molar-refractivity contribution in [3.63, 3.8) is 0 Å². The molecule has 0 aromatic heterocycles. The van der Waals surface area contributed by atoms with Gasteiger partial charge < -0.3 is 4.74 Å². The van der Waals surface area contributed by atoms with E-state index in [1.165, 1.54) is 4.31 Å². The van der Waals surface area contributed by atoms with E-state index in [9.17, 15) is 8.42 Å². The minimum atomic E-state index is -3.28. The summed E-state index contributed by atoms with van der Waals surface area (Å²) in [5.74, 6) is 0.801. The third-order valence-corrected chi connectivity index (χ3v) is 6.04. The summed E-state index contributed by atoms with van der Waals surface area (Å²) >= 11 is 0. The number of hydrogen-bond acceptors (Lipinski definition) is 3. The first kappa shape index (κ1) is 16.3. The number of ether oxygens (including phenoxy) is 1. The minimum absolute atomic E-state index is 0.207. The molecule has 1 saturated heterocycles. The van der Waals surface area contributed by atoms with Crippen LogP contribution < -0.4 is 4.31 Å². The van der Waals surface area contributed by atoms with E-state index in [4.69, 9.17) is 4.74 Å². The van der Waals surface area contributed by atoms with Crippen LogP contribution in [-0.2, 0) is 14.8 Å². The van der Waals surface area contributed by atoms with Gasteiger partial charge in [-0.3, -0.25) is 4.31 Å². The Morgan fingerprint density at radius 1 is 1.29 bits per heavy atom. The summed E-state index contributed by atoms with van der Waals surface area (Å²) in [7, 11) is -1.63. The van der Waals surface area contributed by atoms with Gasteiger partial charge in [-0.15, -0.1) is 0 Å². The lowest BCUT2D eigenvalue weighted by molar-refractivity contribution is 0.0723. The Hall–Kier alpha value is -1.07. The molecule has 0 radical (unpaired) electrons. The first-order valence-electron chi connectivity index (χ1n) is 7.54. The molecule has 21 heavy (non-hydrogen) atoms. The highest BCUT2D eigenvalue weighted by molar-refractivity contribution is 7.92. The number of nitrogens with zero attached hydrogens (tertiary/aromatic N) is 1. The predicted octanol–water partition coefficient (Wildman–Crippen LogP) is 3.00. The van der Waals surface area contributed by atoms with Gasteiger partial charge in [-0.05, 0) is 42.4 Å². The van der Waals surface area contributed by atoms with Gasteiger partial charge in [0.1, 0.15) is 0 Å². The van der Waals surface area contributed by atoms with E-state index < -0.39 is 10.0 Å². The van der Waals surface area contributed by atoms with Gasteiger partial charge in [0.15, 0.2) is 0 Å². The van der Waals surface area contributed by atoms with Crippen molar-refractivity contribution in [2.24, 2.45) is 5.92 Å². The Kier molecular flexibility index (Phi) is 5.27. The molecule has 4 nitrogen and oxygen atoms in total. The fourth-order valence-corrected chi connectivity index (χ4v) is 4.15. The summed E-state index contributed by atoms with van der Waals surface area (Å²) in [6.45, 7) is 5.56. The maximum absolute atomic E-state index is 12.6. The summed E-state index contributed by atoms with van der Waals surface area (Å²) in [6, 6.07) is 7.78. The number of benzene rings is 1. The van der Waals surface area contributed by atoms with Crippen molar-refractivity contribution in [3.8, 4) is 0 Å². The highest BCUT2D eigenvalue weighted by Crippen LogP contribution is 2.25. The molecule has 2 rings (SSSR count). The molecule has 0 amide bonds. The molecule has 1 aromatic carbocycles. The maximum atomic E-state index is 12.6. The van der Waals surface area contributed by atoms with Crippen LogP contribution in [0, 0.1) is 5.92 Å². The molecule has 0 unspecified atom stereocenters. The van der Waals surface area contributed by atoms with Gasteiger partial charge in [-0.1, -0.05) is 26.0 Å². The van der Waals surface area contributed by atoms with Gasteiger partial charge in [-0.25, -0.2) is 8.42 Å². The maximum Gasteiger partial charge on any atom is 0.235 e. The summed E-state index contributed by atoms with van der Waals surface area (Å²) in [4.78, 5) is 0. The third-order valence-electron chi connectivity index (χ3n) is 4.10. The van der Waals surface area contributed by atoms with Crippen molar-refractivity contribution in [3.05, 3.63) is 29.8 Å². The van der Waals surface area contributed by atoms with Crippen molar-refractivity contribution >= 4 is 15.7 Å². The molecule has 1 heterocycles. The Labute approximate surface area is 128 Å². The van der Waals surface area contributed by atoms with E-state index in [2.05, 4.69) is 13.8 Å². The fourth-order valence-electron chi connectivity index (χ4n) is 2.56. The third kappa shape index (κ3) is 4.20. The quantitative estimate of drug-likeness (QED) is 0.840. The fraction of sp³-hybridized carbons (Fsp3) is 0.625. The van der Waals surface area contributed by atoms with Crippen molar-refractivity contribution in [1.82, 2.24) is 0 Å². The zero-order valence-corrected chi connectivity index (χ0v) is 13.9. The Morgan fingerprint density at radius 2 is 1.95 bits per heavy atom. The molecule has 5 heteroatoms. The highest BCUT2D eigenvalue weighted by atomic mass is 32.2. The van der Waals surface area contributed by atoms with E-state index in [0.29, 0.717) is 19.1 Å². The molecule has 118 valence electrons. The molecular formula is C16H25NO3S. The lowest BCUT2D eigenvalue weighted by atomic mass is 10.0. The van der Waals surface area contributed by atoms with E-state index >= 15 is 0 Å². The van der Waals surface area contributed by atoms with E-state index in [1.54, 1.807) is 7.05 Å². The molecule has 0 aliphatic carbocycles. The van der Waals surface area contributed by atoms with Crippen LogP contribution in [0.4, 0.5) is 5.69 Å². The molecule has 0 saturated carbocycles. The van der Waals surface area contributed by atoms with Gasteiger partial charge in [0, 0.05) is 20.3 Å². The lowest BCUT2D eigenvalue weighted by Gasteiger charge is -2.26. The second-order valence-electron chi connectivity index (χ2n) is 6.05. The van der Waals surface area contributed by atoms with Crippen LogP contribution in [0.5, 0.6) is 0 Å². The molecule has 0 N–H and O–H groups in total. The first-order chi connectivity index (χ1) is 9.90. The number of anilines is 1. The van der Waals surface area contributed by atoms with E-state index in [-0.39, 0.29) is 11.7 Å². The normalized spacial score (nSPS) is 17.1.